The minimum atomic E-state index is -1.10. The first-order chi connectivity index (χ1) is 22.3. The van der Waals surface area contributed by atoms with Gasteiger partial charge in [0.05, 0.1) is 31.0 Å². The summed E-state index contributed by atoms with van der Waals surface area (Å²) in [5, 5.41) is 7.84. The number of carbonyl (C=O) groups is 2. The van der Waals surface area contributed by atoms with Crippen LogP contribution in [0.25, 0.3) is 5.65 Å². The Bertz CT molecular complexity index is 1720. The number of esters is 1. The van der Waals surface area contributed by atoms with Crippen LogP contribution in [0.3, 0.4) is 0 Å². The van der Waals surface area contributed by atoms with Crippen LogP contribution in [0.4, 0.5) is 14.6 Å². The van der Waals surface area contributed by atoms with Crippen LogP contribution in [0.5, 0.6) is 0 Å². The van der Waals surface area contributed by atoms with Gasteiger partial charge < -0.3 is 15.0 Å². The molecule has 4 heterocycles. The number of fused-ring (bicyclic) bond motifs is 1. The minimum absolute atomic E-state index is 0.0990. The highest BCUT2D eigenvalue weighted by Gasteiger charge is 2.36. The number of halogens is 2. The Morgan fingerprint density at radius 3 is 2.80 bits per heavy atom. The SMILES string of the molecule is CCCCOC(=O)c1ccccc1CN1CC[C@H](NC(=O)c2cnc3ccc(N4C[C@@H](F)C[C@@H]4c4cc(F)ccc4SC)nn23)C1. The summed E-state index contributed by atoms with van der Waals surface area (Å²) in [5.41, 5.74) is 2.96. The van der Waals surface area contributed by atoms with E-state index < -0.39 is 12.2 Å². The van der Waals surface area contributed by atoms with Crippen molar-refractivity contribution in [2.75, 3.05) is 37.4 Å². The van der Waals surface area contributed by atoms with Crippen LogP contribution in [0, 0.1) is 5.82 Å². The molecular formula is C34H38F2N6O3S. The number of imidazole rings is 1. The van der Waals surface area contributed by atoms with E-state index in [4.69, 9.17) is 9.84 Å². The van der Waals surface area contributed by atoms with Crippen molar-refractivity contribution in [1.29, 1.82) is 0 Å². The molecule has 0 spiro atoms. The molecule has 2 aliphatic rings. The van der Waals surface area contributed by atoms with Crippen molar-refractivity contribution in [2.24, 2.45) is 0 Å². The summed E-state index contributed by atoms with van der Waals surface area (Å²) in [6.07, 6.45) is 5.06. The normalized spacial score (nSPS) is 20.0. The zero-order valence-electron chi connectivity index (χ0n) is 26.0. The van der Waals surface area contributed by atoms with E-state index in [2.05, 4.69) is 22.1 Å². The first-order valence-electron chi connectivity index (χ1n) is 15.7. The third kappa shape index (κ3) is 6.87. The molecule has 12 heteroatoms. The van der Waals surface area contributed by atoms with Gasteiger partial charge in [0, 0.05) is 37.0 Å². The Hall–Kier alpha value is -4.03. The molecule has 4 aromatic rings. The summed E-state index contributed by atoms with van der Waals surface area (Å²) in [4.78, 5) is 35.5. The summed E-state index contributed by atoms with van der Waals surface area (Å²) in [6.45, 7) is 4.53. The quantitative estimate of drug-likeness (QED) is 0.123. The number of thioether (sulfide) groups is 1. The molecule has 1 amide bonds. The fraction of sp³-hybridized carbons (Fsp3) is 0.412. The zero-order chi connectivity index (χ0) is 32.2. The van der Waals surface area contributed by atoms with E-state index in [1.54, 1.807) is 24.3 Å². The first-order valence-corrected chi connectivity index (χ1v) is 16.9. The molecule has 2 aromatic carbocycles. The number of likely N-dealkylation sites (tertiary alicyclic amines) is 1. The molecule has 6 rings (SSSR count). The summed E-state index contributed by atoms with van der Waals surface area (Å²) in [5.74, 6) is -0.498. The standard InChI is InChI=1S/C34H38F2N6O3S/c1-3-4-15-45-34(44)26-8-6-5-7-22(26)19-40-14-13-25(21-40)38-33(43)29-18-37-31-11-12-32(39-42(29)31)41-20-24(36)17-28(41)27-16-23(35)9-10-30(27)46-2/h5-12,16,18,24-25,28H,3-4,13-15,17,19-21H2,1-2H3,(H,38,43)/t24-,25-,28+/m0/s1. The summed E-state index contributed by atoms with van der Waals surface area (Å²) >= 11 is 1.49. The highest BCUT2D eigenvalue weighted by Crippen LogP contribution is 2.40. The average molecular weight is 649 g/mol. The maximum absolute atomic E-state index is 14.8. The van der Waals surface area contributed by atoms with Crippen LogP contribution in [-0.4, -0.2) is 76.1 Å². The van der Waals surface area contributed by atoms with Gasteiger partial charge in [0.25, 0.3) is 5.91 Å². The van der Waals surface area contributed by atoms with Gasteiger partial charge in [0.2, 0.25) is 0 Å². The van der Waals surface area contributed by atoms with E-state index in [1.807, 2.05) is 29.4 Å². The largest absolute Gasteiger partial charge is 0.462 e. The molecule has 46 heavy (non-hydrogen) atoms. The fourth-order valence-corrected chi connectivity index (χ4v) is 6.94. The van der Waals surface area contributed by atoms with Crippen LogP contribution < -0.4 is 10.2 Å². The Balaban J connectivity index is 1.14. The monoisotopic (exact) mass is 648 g/mol. The molecular weight excluding hydrogens is 610 g/mol. The van der Waals surface area contributed by atoms with Gasteiger partial charge >= 0.3 is 5.97 Å². The minimum Gasteiger partial charge on any atom is -0.462 e. The number of unbranched alkanes of at least 4 members (excludes halogenated alkanes) is 1. The second kappa shape index (κ2) is 14.2. The lowest BCUT2D eigenvalue weighted by Crippen LogP contribution is -2.37. The number of anilines is 1. The zero-order valence-corrected chi connectivity index (χ0v) is 26.8. The Labute approximate surface area is 271 Å². The van der Waals surface area contributed by atoms with E-state index in [-0.39, 0.29) is 42.4 Å². The smallest absolute Gasteiger partial charge is 0.338 e. The lowest BCUT2D eigenvalue weighted by molar-refractivity contribution is 0.0497. The van der Waals surface area contributed by atoms with E-state index in [1.165, 1.54) is 34.6 Å². The molecule has 3 atom stereocenters. The third-order valence-corrected chi connectivity index (χ3v) is 9.46. The number of carbonyl (C=O) groups excluding carboxylic acids is 2. The number of amides is 1. The Morgan fingerprint density at radius 1 is 1.13 bits per heavy atom. The van der Waals surface area contributed by atoms with E-state index in [9.17, 15) is 18.4 Å². The highest BCUT2D eigenvalue weighted by molar-refractivity contribution is 7.98. The second-order valence-corrected chi connectivity index (χ2v) is 12.7. The van der Waals surface area contributed by atoms with Crippen LogP contribution in [0.15, 0.2) is 65.7 Å². The second-order valence-electron chi connectivity index (χ2n) is 11.8. The van der Waals surface area contributed by atoms with Crippen LogP contribution in [-0.2, 0) is 11.3 Å². The molecule has 0 bridgehead atoms. The predicted molar refractivity (Wildman–Crippen MR) is 174 cm³/mol. The van der Waals surface area contributed by atoms with Crippen LogP contribution >= 0.6 is 11.8 Å². The molecule has 0 aliphatic carbocycles. The van der Waals surface area contributed by atoms with Gasteiger partial charge in [0.15, 0.2) is 11.3 Å². The molecule has 2 aromatic heterocycles. The Kier molecular flexibility index (Phi) is 9.83. The number of rotatable bonds is 11. The van der Waals surface area contributed by atoms with Crippen LogP contribution in [0.2, 0.25) is 0 Å². The molecule has 0 unspecified atom stereocenters. The first kappa shape index (κ1) is 31.9. The number of ether oxygens (including phenoxy) is 1. The van der Waals surface area contributed by atoms with Crippen molar-refractivity contribution in [3.63, 3.8) is 0 Å². The summed E-state index contributed by atoms with van der Waals surface area (Å²) < 4.78 is 36.0. The number of hydrogen-bond donors (Lipinski definition) is 1. The molecule has 9 nitrogen and oxygen atoms in total. The third-order valence-electron chi connectivity index (χ3n) is 8.65. The molecule has 1 N–H and O–H groups in total. The number of aromatic nitrogens is 3. The number of nitrogens with one attached hydrogen (secondary N) is 1. The molecule has 2 saturated heterocycles. The fourth-order valence-electron chi connectivity index (χ4n) is 6.31. The Morgan fingerprint density at radius 2 is 1.98 bits per heavy atom. The van der Waals surface area contributed by atoms with Gasteiger partial charge in [-0.15, -0.1) is 16.9 Å². The summed E-state index contributed by atoms with van der Waals surface area (Å²) in [6, 6.07) is 15.1. The van der Waals surface area contributed by atoms with Gasteiger partial charge in [-0.25, -0.2) is 23.1 Å². The highest BCUT2D eigenvalue weighted by atomic mass is 32.2. The van der Waals surface area contributed by atoms with E-state index in [0.29, 0.717) is 36.7 Å². The van der Waals surface area contributed by atoms with Crippen LogP contribution in [0.1, 0.15) is 70.6 Å². The van der Waals surface area contributed by atoms with Crippen molar-refractivity contribution < 1.29 is 23.1 Å². The van der Waals surface area contributed by atoms with E-state index in [0.717, 1.165) is 41.8 Å². The topological polar surface area (TPSA) is 92.1 Å². The van der Waals surface area contributed by atoms with Crippen molar-refractivity contribution in [1.82, 2.24) is 24.8 Å². The molecule has 0 radical (unpaired) electrons. The number of benzene rings is 2. The van der Waals surface area contributed by atoms with Crippen molar-refractivity contribution in [3.8, 4) is 0 Å². The van der Waals surface area contributed by atoms with E-state index >= 15 is 0 Å². The van der Waals surface area contributed by atoms with Gasteiger partial charge in [-0.05, 0) is 66.6 Å². The summed E-state index contributed by atoms with van der Waals surface area (Å²) in [7, 11) is 0. The predicted octanol–water partition coefficient (Wildman–Crippen LogP) is 5.84. The molecule has 0 saturated carbocycles. The maximum atomic E-state index is 14.8. The molecule has 242 valence electrons. The maximum Gasteiger partial charge on any atom is 0.338 e. The van der Waals surface area contributed by atoms with Crippen molar-refractivity contribution in [2.45, 2.75) is 62.3 Å². The number of hydrogen-bond acceptors (Lipinski definition) is 8. The van der Waals surface area contributed by atoms with Gasteiger partial charge in [-0.3, -0.25) is 9.69 Å². The average Bonchev–Trinajstić information content (AvgIpc) is 3.79. The number of nitrogens with zero attached hydrogens (tertiary/aromatic N) is 5. The lowest BCUT2D eigenvalue weighted by Gasteiger charge is -2.27. The van der Waals surface area contributed by atoms with Gasteiger partial charge in [-0.1, -0.05) is 31.5 Å². The number of alkyl halides is 1. The molecule has 2 fully saturated rings. The van der Waals surface area contributed by atoms with Gasteiger partial charge in [0.1, 0.15) is 17.8 Å². The van der Waals surface area contributed by atoms with Gasteiger partial charge in [-0.2, -0.15) is 0 Å². The molecule has 2 aliphatic heterocycles. The lowest BCUT2D eigenvalue weighted by atomic mass is 10.0. The van der Waals surface area contributed by atoms with Crippen molar-refractivity contribution >= 4 is 35.1 Å². The van der Waals surface area contributed by atoms with Crippen molar-refractivity contribution in [3.05, 3.63) is 89.0 Å².